The van der Waals surface area contributed by atoms with Crippen LogP contribution in [0.2, 0.25) is 0 Å². The molecule has 2 saturated carbocycles. The number of benzene rings is 1. The summed E-state index contributed by atoms with van der Waals surface area (Å²) in [6.07, 6.45) is 1.86. The molecule has 6 rings (SSSR count). The molecule has 7 atom stereocenters. The number of hydrogen-bond acceptors (Lipinski definition) is 11. The molecule has 3 heterocycles. The Morgan fingerprint density at radius 2 is 1.80 bits per heavy atom. The van der Waals surface area contributed by atoms with Crippen LogP contribution < -0.4 is 19.1 Å². The quantitative estimate of drug-likeness (QED) is 0.185. The SMILES string of the molecule is CC[C@@H]1C[C@H](C)CC/C=C\[C@@H]2C[C@@]2(C(=O)NS(=O)(=O)C2(C)CC2)CC(=O)[C@@H]2C[C@@H](Oc3ncc(N(C)C)c4cc(OC)ccc34)CN2C(=O)[C@H]1CC(=O)OC(C)(C)C(F)(F)F. The van der Waals surface area contributed by atoms with Gasteiger partial charge in [-0.2, -0.15) is 13.2 Å². The number of anilines is 1. The van der Waals surface area contributed by atoms with Crippen molar-refractivity contribution in [2.75, 3.05) is 32.6 Å². The van der Waals surface area contributed by atoms with E-state index in [4.69, 9.17) is 14.2 Å². The molecular weight excluding hydrogens is 818 g/mol. The predicted octanol–water partition coefficient (Wildman–Crippen LogP) is 6.91. The zero-order chi connectivity index (χ0) is 44.9. The third-order valence-corrected chi connectivity index (χ3v) is 15.5. The van der Waals surface area contributed by atoms with Crippen LogP contribution in [0.4, 0.5) is 18.9 Å². The fourth-order valence-electron chi connectivity index (χ4n) is 8.82. The van der Waals surface area contributed by atoms with Crippen molar-refractivity contribution in [3.05, 3.63) is 36.5 Å². The number of alkyl halides is 3. The highest BCUT2D eigenvalue weighted by Crippen LogP contribution is 2.58. The van der Waals surface area contributed by atoms with Gasteiger partial charge in [0.1, 0.15) is 11.9 Å². The lowest BCUT2D eigenvalue weighted by Gasteiger charge is -2.34. The minimum absolute atomic E-state index is 0.0181. The molecule has 336 valence electrons. The molecular formula is C44H59F3N4O9S. The van der Waals surface area contributed by atoms with Gasteiger partial charge >= 0.3 is 12.1 Å². The molecule has 1 N–H and O–H groups in total. The lowest BCUT2D eigenvalue weighted by Crippen LogP contribution is -2.49. The fourth-order valence-corrected chi connectivity index (χ4v) is 10.2. The minimum Gasteiger partial charge on any atom is -0.497 e. The number of pyridine rings is 1. The minimum atomic E-state index is -4.87. The molecule has 13 nitrogen and oxygen atoms in total. The summed E-state index contributed by atoms with van der Waals surface area (Å²) >= 11 is 0. The summed E-state index contributed by atoms with van der Waals surface area (Å²) in [5.74, 6) is -4.27. The number of ether oxygens (including phenoxy) is 3. The highest BCUT2D eigenvalue weighted by Gasteiger charge is 2.63. The summed E-state index contributed by atoms with van der Waals surface area (Å²) in [6, 6.07) is 4.22. The number of Topliss-reactive ketones (excluding diaryl/α,β-unsaturated/α-hetero) is 1. The molecule has 2 amide bonds. The van der Waals surface area contributed by atoms with E-state index in [1.54, 1.807) is 32.4 Å². The van der Waals surface area contributed by atoms with Crippen LogP contribution in [0, 0.1) is 29.1 Å². The van der Waals surface area contributed by atoms with E-state index in [-0.39, 0.29) is 37.6 Å². The second-order valence-corrected chi connectivity index (χ2v) is 20.7. The van der Waals surface area contributed by atoms with Crippen LogP contribution in [0.1, 0.15) is 98.8 Å². The molecule has 3 fully saturated rings. The first-order valence-electron chi connectivity index (χ1n) is 21.1. The van der Waals surface area contributed by atoms with Crippen LogP contribution in [0.3, 0.4) is 0 Å². The second-order valence-electron chi connectivity index (χ2n) is 18.5. The van der Waals surface area contributed by atoms with Crippen molar-refractivity contribution >= 4 is 50.1 Å². The Hall–Kier alpha value is -4.41. The summed E-state index contributed by atoms with van der Waals surface area (Å²) < 4.78 is 86.4. The van der Waals surface area contributed by atoms with Gasteiger partial charge in [-0.1, -0.05) is 32.4 Å². The number of nitrogens with zero attached hydrogens (tertiary/aromatic N) is 3. The number of rotatable bonds is 11. The van der Waals surface area contributed by atoms with Gasteiger partial charge in [0, 0.05) is 37.7 Å². The van der Waals surface area contributed by atoms with Gasteiger partial charge in [-0.15, -0.1) is 0 Å². The molecule has 1 saturated heterocycles. The number of halogens is 3. The first-order valence-corrected chi connectivity index (χ1v) is 22.6. The van der Waals surface area contributed by atoms with Crippen LogP contribution in [-0.2, 0) is 33.9 Å². The van der Waals surface area contributed by atoms with E-state index in [0.29, 0.717) is 49.7 Å². The topological polar surface area (TPSA) is 162 Å². The van der Waals surface area contributed by atoms with Crippen molar-refractivity contribution in [2.24, 2.45) is 29.1 Å². The second kappa shape index (κ2) is 17.0. The summed E-state index contributed by atoms with van der Waals surface area (Å²) in [5.41, 5.74) is -3.42. The third kappa shape index (κ3) is 9.51. The van der Waals surface area contributed by atoms with Gasteiger partial charge in [-0.25, -0.2) is 13.4 Å². The molecule has 1 aromatic heterocycles. The fraction of sp³-hybridized carbons (Fsp3) is 0.659. The van der Waals surface area contributed by atoms with E-state index in [2.05, 4.69) is 9.71 Å². The van der Waals surface area contributed by atoms with Gasteiger partial charge in [0.15, 0.2) is 5.78 Å². The smallest absolute Gasteiger partial charge is 0.427 e. The number of carbonyl (C=O) groups excluding carboxylic acids is 4. The highest BCUT2D eigenvalue weighted by atomic mass is 32.2. The van der Waals surface area contributed by atoms with Crippen molar-refractivity contribution in [3.8, 4) is 11.6 Å². The van der Waals surface area contributed by atoms with E-state index >= 15 is 4.79 Å². The number of sulfonamides is 1. The first-order chi connectivity index (χ1) is 28.5. The van der Waals surface area contributed by atoms with Crippen molar-refractivity contribution in [3.63, 3.8) is 0 Å². The van der Waals surface area contributed by atoms with Gasteiger partial charge in [-0.05, 0) is 95.2 Å². The molecule has 2 aromatic rings. The summed E-state index contributed by atoms with van der Waals surface area (Å²) in [7, 11) is 1.25. The van der Waals surface area contributed by atoms with Crippen LogP contribution in [0.15, 0.2) is 36.5 Å². The first kappa shape index (κ1) is 46.1. The normalized spacial score (nSPS) is 28.7. The Balaban J connectivity index is 1.39. The van der Waals surface area contributed by atoms with Gasteiger partial charge in [-0.3, -0.25) is 23.9 Å². The monoisotopic (exact) mass is 876 g/mol. The number of nitrogens with one attached hydrogen (secondary N) is 1. The molecule has 4 aliphatic rings. The van der Waals surface area contributed by atoms with E-state index in [1.807, 2.05) is 51.1 Å². The van der Waals surface area contributed by atoms with Crippen LogP contribution in [-0.4, -0.2) is 98.3 Å². The van der Waals surface area contributed by atoms with Crippen LogP contribution in [0.25, 0.3) is 10.8 Å². The van der Waals surface area contributed by atoms with Crippen molar-refractivity contribution in [1.29, 1.82) is 0 Å². The number of aromatic nitrogens is 1. The van der Waals surface area contributed by atoms with Crippen LogP contribution in [0.5, 0.6) is 11.6 Å². The summed E-state index contributed by atoms with van der Waals surface area (Å²) in [4.78, 5) is 65.2. The van der Waals surface area contributed by atoms with E-state index in [9.17, 15) is 36.0 Å². The largest absolute Gasteiger partial charge is 0.497 e. The number of fused-ring (bicyclic) bond motifs is 3. The van der Waals surface area contributed by atoms with Crippen molar-refractivity contribution < 1.29 is 55.0 Å². The highest BCUT2D eigenvalue weighted by molar-refractivity contribution is 7.91. The maximum absolute atomic E-state index is 15.1. The maximum atomic E-state index is 15.1. The Bertz CT molecular complexity index is 2170. The molecule has 17 heteroatoms. The number of hydrogen-bond donors (Lipinski definition) is 1. The number of methoxy groups -OCH3 is 1. The lowest BCUT2D eigenvalue weighted by molar-refractivity contribution is -0.257. The number of esters is 1. The van der Waals surface area contributed by atoms with E-state index in [0.717, 1.165) is 24.9 Å². The molecule has 0 radical (unpaired) electrons. The maximum Gasteiger partial charge on any atom is 0.427 e. The summed E-state index contributed by atoms with van der Waals surface area (Å²) in [5, 5.41) is 1.40. The number of ketones is 1. The molecule has 0 unspecified atom stereocenters. The third-order valence-electron chi connectivity index (χ3n) is 13.4. The number of carbonyl (C=O) groups is 4. The standard InChI is InChI=1S/C44H59F3N4O9S/c1-9-27-18-26(2)12-10-11-13-28-22-43(28,40(55)49-61(56,57)42(5)16-17-42)23-36(52)34-20-30(25-51(34)39(54)32(27)21-37(53)60-41(3,4)44(45,46)47)59-38-31-15-14-29(58-8)19-33(31)35(24-48-38)50(6)7/h11,13-15,19,24,26-28,30,32,34H,9-10,12,16-18,20-23,25H2,1-8H3,(H,49,55)/b13-11-/t26-,27-,28-,30-,32+,34+,43-/m1/s1. The Kier molecular flexibility index (Phi) is 12.9. The molecule has 2 aliphatic heterocycles. The van der Waals surface area contributed by atoms with Crippen LogP contribution >= 0.6 is 0 Å². The Morgan fingerprint density at radius 1 is 1.10 bits per heavy atom. The molecule has 61 heavy (non-hydrogen) atoms. The zero-order valence-corrected chi connectivity index (χ0v) is 37.1. The Morgan fingerprint density at radius 3 is 2.43 bits per heavy atom. The van der Waals surface area contributed by atoms with Gasteiger partial charge in [0.25, 0.3) is 0 Å². The molecule has 0 spiro atoms. The van der Waals surface area contributed by atoms with Gasteiger partial charge in [0.2, 0.25) is 33.3 Å². The average Bonchev–Trinajstić information content (AvgIpc) is 4.06. The molecule has 1 aromatic carbocycles. The average molecular weight is 877 g/mol. The number of allylic oxidation sites excluding steroid dienone is 2. The van der Waals surface area contributed by atoms with E-state index < -0.39 is 91.8 Å². The van der Waals surface area contributed by atoms with Crippen molar-refractivity contribution in [2.45, 2.75) is 127 Å². The Labute approximate surface area is 356 Å². The predicted molar refractivity (Wildman–Crippen MR) is 222 cm³/mol. The number of amides is 2. The lowest BCUT2D eigenvalue weighted by atomic mass is 9.79. The van der Waals surface area contributed by atoms with Gasteiger partial charge < -0.3 is 24.0 Å². The molecule has 0 bridgehead atoms. The van der Waals surface area contributed by atoms with E-state index in [1.165, 1.54) is 4.90 Å². The van der Waals surface area contributed by atoms with Crippen molar-refractivity contribution in [1.82, 2.24) is 14.6 Å². The molecule has 2 aliphatic carbocycles. The zero-order valence-electron chi connectivity index (χ0n) is 36.3. The summed E-state index contributed by atoms with van der Waals surface area (Å²) in [6.45, 7) is 6.78. The van der Waals surface area contributed by atoms with Gasteiger partial charge in [0.05, 0.1) is 54.1 Å².